The average Bonchev–Trinajstić information content (AvgIpc) is 2.84. The van der Waals surface area contributed by atoms with Crippen molar-refractivity contribution in [1.82, 2.24) is 14.8 Å². The van der Waals surface area contributed by atoms with Crippen LogP contribution >= 0.6 is 0 Å². The van der Waals surface area contributed by atoms with Crippen LogP contribution < -0.4 is 0 Å². The Morgan fingerprint density at radius 2 is 2.43 bits per heavy atom. The molecule has 1 aromatic heterocycles. The molecular weight excluding hydrogens is 178 g/mol. The number of hydrogen-bond donors (Lipinski definition) is 0. The van der Waals surface area contributed by atoms with E-state index < -0.39 is 0 Å². The molecule has 0 bridgehead atoms. The third-order valence-electron chi connectivity index (χ3n) is 2.56. The summed E-state index contributed by atoms with van der Waals surface area (Å²) in [7, 11) is 0. The number of ketones is 1. The zero-order valence-electron chi connectivity index (χ0n) is 8.44. The fraction of sp³-hybridized carbons (Fsp3) is 0.700. The number of aryl methyl sites for hydroxylation is 1. The fourth-order valence-electron chi connectivity index (χ4n) is 1.58. The second-order valence-electron chi connectivity index (χ2n) is 3.85. The van der Waals surface area contributed by atoms with Crippen molar-refractivity contribution >= 4 is 5.78 Å². The summed E-state index contributed by atoms with van der Waals surface area (Å²) < 4.78 is 1.78. The first kappa shape index (κ1) is 9.37. The van der Waals surface area contributed by atoms with E-state index in [0.717, 1.165) is 18.8 Å². The van der Waals surface area contributed by atoms with Crippen molar-refractivity contribution in [1.29, 1.82) is 0 Å². The molecule has 14 heavy (non-hydrogen) atoms. The number of carbonyl (C=O) groups excluding carboxylic acids is 1. The molecule has 0 aliphatic heterocycles. The molecule has 76 valence electrons. The lowest BCUT2D eigenvalue weighted by atomic mass is 10.1. The molecule has 1 fully saturated rings. The smallest absolute Gasteiger partial charge is 0.140 e. The van der Waals surface area contributed by atoms with Gasteiger partial charge in [-0.3, -0.25) is 4.79 Å². The molecule has 0 saturated heterocycles. The minimum absolute atomic E-state index is 0.301. The predicted molar refractivity (Wildman–Crippen MR) is 51.7 cm³/mol. The minimum atomic E-state index is 0.301. The average molecular weight is 193 g/mol. The van der Waals surface area contributed by atoms with Crippen LogP contribution in [0.15, 0.2) is 6.33 Å². The Labute approximate surface area is 83.3 Å². The number of Topliss-reactive ketones (excluding diaryl/α,β-unsaturated/α-hetero) is 1. The molecule has 0 N–H and O–H groups in total. The second kappa shape index (κ2) is 3.90. The van der Waals surface area contributed by atoms with Crippen molar-refractivity contribution in [3.8, 4) is 0 Å². The molecule has 0 amide bonds. The number of rotatable bonds is 5. The van der Waals surface area contributed by atoms with Crippen LogP contribution in [0.4, 0.5) is 0 Å². The van der Waals surface area contributed by atoms with Crippen LogP contribution in [0.25, 0.3) is 0 Å². The highest BCUT2D eigenvalue weighted by molar-refractivity contribution is 5.80. The molecule has 0 spiro atoms. The van der Waals surface area contributed by atoms with E-state index in [1.165, 1.54) is 19.2 Å². The van der Waals surface area contributed by atoms with Gasteiger partial charge in [-0.2, -0.15) is 5.10 Å². The number of carbonyl (C=O) groups is 1. The van der Waals surface area contributed by atoms with Crippen molar-refractivity contribution in [2.24, 2.45) is 5.92 Å². The van der Waals surface area contributed by atoms with Crippen LogP contribution in [-0.2, 0) is 17.8 Å². The highest BCUT2D eigenvalue weighted by atomic mass is 16.1. The van der Waals surface area contributed by atoms with E-state index in [2.05, 4.69) is 10.1 Å². The summed E-state index contributed by atoms with van der Waals surface area (Å²) in [4.78, 5) is 15.6. The first-order chi connectivity index (χ1) is 6.79. The molecular formula is C10H15N3O. The maximum Gasteiger partial charge on any atom is 0.140 e. The first-order valence-corrected chi connectivity index (χ1v) is 5.18. The van der Waals surface area contributed by atoms with Crippen LogP contribution in [-0.4, -0.2) is 20.5 Å². The van der Waals surface area contributed by atoms with E-state index in [1.807, 2.05) is 6.92 Å². The Balaban J connectivity index is 1.91. The first-order valence-electron chi connectivity index (χ1n) is 5.18. The Morgan fingerprint density at radius 1 is 1.64 bits per heavy atom. The van der Waals surface area contributed by atoms with Crippen molar-refractivity contribution in [2.75, 3.05) is 0 Å². The molecule has 1 saturated carbocycles. The monoisotopic (exact) mass is 193 g/mol. The van der Waals surface area contributed by atoms with Gasteiger partial charge in [0.15, 0.2) is 0 Å². The maximum atomic E-state index is 11.5. The summed E-state index contributed by atoms with van der Waals surface area (Å²) in [5.74, 6) is 1.77. The van der Waals surface area contributed by atoms with Gasteiger partial charge in [0.1, 0.15) is 17.9 Å². The van der Waals surface area contributed by atoms with E-state index in [4.69, 9.17) is 0 Å². The third-order valence-corrected chi connectivity index (χ3v) is 2.56. The SMILES string of the molecule is CCn1ncnc1CC(=O)CC1CC1. The highest BCUT2D eigenvalue weighted by Gasteiger charge is 2.24. The maximum absolute atomic E-state index is 11.5. The van der Waals surface area contributed by atoms with Gasteiger partial charge in [-0.1, -0.05) is 0 Å². The molecule has 2 rings (SSSR count). The van der Waals surface area contributed by atoms with Crippen molar-refractivity contribution < 1.29 is 4.79 Å². The fourth-order valence-corrected chi connectivity index (χ4v) is 1.58. The lowest BCUT2D eigenvalue weighted by Crippen LogP contribution is -2.10. The van der Waals surface area contributed by atoms with Gasteiger partial charge in [-0.25, -0.2) is 9.67 Å². The third kappa shape index (κ3) is 2.19. The number of nitrogens with zero attached hydrogens (tertiary/aromatic N) is 3. The van der Waals surface area contributed by atoms with Gasteiger partial charge in [0.05, 0.1) is 6.42 Å². The molecule has 1 aliphatic rings. The van der Waals surface area contributed by atoms with E-state index >= 15 is 0 Å². The van der Waals surface area contributed by atoms with Gasteiger partial charge in [0.2, 0.25) is 0 Å². The van der Waals surface area contributed by atoms with Gasteiger partial charge in [0, 0.05) is 13.0 Å². The summed E-state index contributed by atoms with van der Waals surface area (Å²) >= 11 is 0. The Kier molecular flexibility index (Phi) is 2.61. The molecule has 1 aromatic rings. The molecule has 4 nitrogen and oxygen atoms in total. The molecule has 0 radical (unpaired) electrons. The van der Waals surface area contributed by atoms with E-state index in [-0.39, 0.29) is 0 Å². The Morgan fingerprint density at radius 3 is 3.07 bits per heavy atom. The Hall–Kier alpha value is -1.19. The summed E-state index contributed by atoms with van der Waals surface area (Å²) in [6.07, 6.45) is 5.16. The summed E-state index contributed by atoms with van der Waals surface area (Å²) in [5, 5.41) is 4.04. The van der Waals surface area contributed by atoms with Crippen LogP contribution in [0, 0.1) is 5.92 Å². The minimum Gasteiger partial charge on any atom is -0.299 e. The number of hydrogen-bond acceptors (Lipinski definition) is 3. The van der Waals surface area contributed by atoms with Gasteiger partial charge >= 0.3 is 0 Å². The molecule has 0 aromatic carbocycles. The van der Waals surface area contributed by atoms with Gasteiger partial charge in [0.25, 0.3) is 0 Å². The standard InChI is InChI=1S/C10H15N3O/c1-2-13-10(11-7-12-13)6-9(14)5-8-3-4-8/h7-8H,2-6H2,1H3. The quantitative estimate of drug-likeness (QED) is 0.706. The molecule has 0 unspecified atom stereocenters. The van der Waals surface area contributed by atoms with Gasteiger partial charge < -0.3 is 0 Å². The second-order valence-corrected chi connectivity index (χ2v) is 3.85. The van der Waals surface area contributed by atoms with E-state index in [0.29, 0.717) is 18.1 Å². The summed E-state index contributed by atoms with van der Waals surface area (Å²) in [5.41, 5.74) is 0. The van der Waals surface area contributed by atoms with Crippen LogP contribution in [0.5, 0.6) is 0 Å². The van der Waals surface area contributed by atoms with Gasteiger partial charge in [-0.05, 0) is 25.7 Å². The lowest BCUT2D eigenvalue weighted by Gasteiger charge is -2.01. The van der Waals surface area contributed by atoms with Crippen LogP contribution in [0.1, 0.15) is 32.0 Å². The molecule has 0 atom stereocenters. The zero-order valence-corrected chi connectivity index (χ0v) is 8.44. The molecule has 4 heteroatoms. The summed E-state index contributed by atoms with van der Waals surface area (Å²) in [6, 6.07) is 0. The molecule has 1 heterocycles. The summed E-state index contributed by atoms with van der Waals surface area (Å²) in [6.45, 7) is 2.79. The topological polar surface area (TPSA) is 47.8 Å². The lowest BCUT2D eigenvalue weighted by molar-refractivity contribution is -0.118. The number of aromatic nitrogens is 3. The van der Waals surface area contributed by atoms with Crippen molar-refractivity contribution in [3.63, 3.8) is 0 Å². The largest absolute Gasteiger partial charge is 0.299 e. The van der Waals surface area contributed by atoms with Crippen molar-refractivity contribution in [3.05, 3.63) is 12.2 Å². The van der Waals surface area contributed by atoms with E-state index in [1.54, 1.807) is 4.68 Å². The Bertz CT molecular complexity index is 328. The zero-order chi connectivity index (χ0) is 9.97. The predicted octanol–water partition coefficient (Wildman–Crippen LogP) is 1.21. The normalized spacial score (nSPS) is 15.8. The van der Waals surface area contributed by atoms with Crippen molar-refractivity contribution in [2.45, 2.75) is 39.2 Å². The van der Waals surface area contributed by atoms with Crippen LogP contribution in [0.3, 0.4) is 0 Å². The van der Waals surface area contributed by atoms with Crippen LogP contribution in [0.2, 0.25) is 0 Å². The molecule has 1 aliphatic carbocycles. The highest BCUT2D eigenvalue weighted by Crippen LogP contribution is 2.32. The van der Waals surface area contributed by atoms with Gasteiger partial charge in [-0.15, -0.1) is 0 Å². The van der Waals surface area contributed by atoms with E-state index in [9.17, 15) is 4.79 Å².